The van der Waals surface area contributed by atoms with Gasteiger partial charge in [-0.1, -0.05) is 23.2 Å². The van der Waals surface area contributed by atoms with E-state index in [1.807, 2.05) is 4.57 Å². The summed E-state index contributed by atoms with van der Waals surface area (Å²) in [6.45, 7) is 0. The van der Waals surface area contributed by atoms with Crippen molar-refractivity contribution in [2.24, 2.45) is 0 Å². The molecule has 20 heavy (non-hydrogen) atoms. The molecule has 0 bridgehead atoms. The molecule has 3 N–H and O–H groups in total. The van der Waals surface area contributed by atoms with Gasteiger partial charge in [-0.25, -0.2) is 0 Å². The van der Waals surface area contributed by atoms with Gasteiger partial charge < -0.3 is 15.6 Å². The van der Waals surface area contributed by atoms with Crippen molar-refractivity contribution in [1.82, 2.24) is 4.57 Å². The van der Waals surface area contributed by atoms with E-state index in [0.717, 1.165) is 12.8 Å². The van der Waals surface area contributed by atoms with E-state index in [9.17, 15) is 4.79 Å². The highest BCUT2D eigenvalue weighted by Gasteiger charge is 2.27. The summed E-state index contributed by atoms with van der Waals surface area (Å²) in [5, 5.41) is 3.72. The number of hydrogen-bond donors (Lipinski definition) is 2. The van der Waals surface area contributed by atoms with Crippen LogP contribution in [-0.4, -0.2) is 10.5 Å². The van der Waals surface area contributed by atoms with Crippen LogP contribution in [-0.2, 0) is 0 Å². The molecule has 1 saturated carbocycles. The first-order valence-electron chi connectivity index (χ1n) is 6.28. The molecule has 1 amide bonds. The van der Waals surface area contributed by atoms with Gasteiger partial charge >= 0.3 is 0 Å². The Hall–Kier alpha value is -1.65. The third kappa shape index (κ3) is 2.62. The second-order valence-corrected chi connectivity index (χ2v) is 5.72. The Kier molecular flexibility index (Phi) is 3.36. The summed E-state index contributed by atoms with van der Waals surface area (Å²) in [7, 11) is 0. The molecule has 104 valence electrons. The molecule has 2 aromatic rings. The van der Waals surface area contributed by atoms with Crippen LogP contribution in [0.1, 0.15) is 29.4 Å². The lowest BCUT2D eigenvalue weighted by atomic mass is 10.3. The molecule has 0 radical (unpaired) electrons. The van der Waals surface area contributed by atoms with Crippen molar-refractivity contribution in [3.8, 4) is 0 Å². The SMILES string of the molecule is Nc1cc(C(=O)Nc2ccc(Cl)cc2Cl)n(C2CC2)c1. The molecular weight excluding hydrogens is 297 g/mol. The molecule has 1 aromatic heterocycles. The average molecular weight is 310 g/mol. The summed E-state index contributed by atoms with van der Waals surface area (Å²) < 4.78 is 1.93. The zero-order valence-electron chi connectivity index (χ0n) is 10.6. The van der Waals surface area contributed by atoms with E-state index >= 15 is 0 Å². The molecule has 1 aliphatic carbocycles. The van der Waals surface area contributed by atoms with Crippen LogP contribution >= 0.6 is 23.2 Å². The van der Waals surface area contributed by atoms with Gasteiger partial charge in [0.25, 0.3) is 5.91 Å². The Labute approximate surface area is 126 Å². The van der Waals surface area contributed by atoms with Crippen molar-refractivity contribution in [3.63, 3.8) is 0 Å². The van der Waals surface area contributed by atoms with Gasteiger partial charge in [-0.2, -0.15) is 0 Å². The molecule has 4 nitrogen and oxygen atoms in total. The van der Waals surface area contributed by atoms with Crippen LogP contribution in [0.25, 0.3) is 0 Å². The van der Waals surface area contributed by atoms with Crippen LogP contribution in [0.5, 0.6) is 0 Å². The second-order valence-electron chi connectivity index (χ2n) is 4.88. The minimum atomic E-state index is -0.224. The van der Waals surface area contributed by atoms with E-state index < -0.39 is 0 Å². The Morgan fingerprint density at radius 1 is 1.30 bits per heavy atom. The summed E-state index contributed by atoms with van der Waals surface area (Å²) in [4.78, 5) is 12.3. The molecule has 0 spiro atoms. The van der Waals surface area contributed by atoms with E-state index in [0.29, 0.717) is 33.2 Å². The summed E-state index contributed by atoms with van der Waals surface area (Å²) in [6.07, 6.45) is 3.96. The van der Waals surface area contributed by atoms with Crippen LogP contribution in [0, 0.1) is 0 Å². The average Bonchev–Trinajstić information content (AvgIpc) is 3.16. The predicted molar refractivity (Wildman–Crippen MR) is 81.5 cm³/mol. The first-order valence-corrected chi connectivity index (χ1v) is 7.04. The van der Waals surface area contributed by atoms with Gasteiger partial charge in [-0.05, 0) is 37.1 Å². The number of hydrogen-bond acceptors (Lipinski definition) is 2. The molecule has 1 fully saturated rings. The standard InChI is InChI=1S/C14H13Cl2N3O/c15-8-1-4-12(11(16)5-8)18-14(20)13-6-9(17)7-19(13)10-2-3-10/h1,4-7,10H,2-3,17H2,(H,18,20). The van der Waals surface area contributed by atoms with Crippen molar-refractivity contribution < 1.29 is 4.79 Å². The van der Waals surface area contributed by atoms with Gasteiger partial charge in [0.1, 0.15) is 5.69 Å². The number of amides is 1. The molecule has 1 heterocycles. The maximum absolute atomic E-state index is 12.3. The quantitative estimate of drug-likeness (QED) is 0.901. The first-order chi connectivity index (χ1) is 9.54. The maximum Gasteiger partial charge on any atom is 0.272 e. The van der Waals surface area contributed by atoms with Gasteiger partial charge in [0.2, 0.25) is 0 Å². The highest BCUT2D eigenvalue weighted by molar-refractivity contribution is 6.36. The number of anilines is 2. The Bertz CT molecular complexity index is 677. The minimum Gasteiger partial charge on any atom is -0.397 e. The number of nitrogens with one attached hydrogen (secondary N) is 1. The lowest BCUT2D eigenvalue weighted by Gasteiger charge is -2.10. The van der Waals surface area contributed by atoms with E-state index in [2.05, 4.69) is 5.32 Å². The Morgan fingerprint density at radius 2 is 2.05 bits per heavy atom. The van der Waals surface area contributed by atoms with Gasteiger partial charge in [0.05, 0.1) is 16.4 Å². The number of carbonyl (C=O) groups is 1. The van der Waals surface area contributed by atoms with Crippen LogP contribution in [0.3, 0.4) is 0 Å². The highest BCUT2D eigenvalue weighted by Crippen LogP contribution is 2.37. The molecule has 0 saturated heterocycles. The van der Waals surface area contributed by atoms with E-state index in [-0.39, 0.29) is 5.91 Å². The molecule has 3 rings (SSSR count). The number of nitrogens with two attached hydrogens (primary N) is 1. The molecule has 1 aromatic carbocycles. The third-order valence-corrected chi connectivity index (χ3v) is 3.77. The van der Waals surface area contributed by atoms with Crippen LogP contribution < -0.4 is 11.1 Å². The third-order valence-electron chi connectivity index (χ3n) is 3.22. The largest absolute Gasteiger partial charge is 0.397 e. The fourth-order valence-corrected chi connectivity index (χ4v) is 2.57. The summed E-state index contributed by atoms with van der Waals surface area (Å²) in [5.74, 6) is -0.224. The predicted octanol–water partition coefficient (Wildman–Crippen LogP) is 3.96. The molecule has 0 atom stereocenters. The number of carbonyl (C=O) groups excluding carboxylic acids is 1. The Balaban J connectivity index is 1.86. The Morgan fingerprint density at radius 3 is 2.70 bits per heavy atom. The molecular formula is C14H13Cl2N3O. The first kappa shape index (κ1) is 13.3. The summed E-state index contributed by atoms with van der Waals surface area (Å²) in [6, 6.07) is 7.01. The van der Waals surface area contributed by atoms with Gasteiger partial charge in [-0.15, -0.1) is 0 Å². The van der Waals surface area contributed by atoms with Crippen molar-refractivity contribution in [2.45, 2.75) is 18.9 Å². The van der Waals surface area contributed by atoms with Crippen LogP contribution in [0.15, 0.2) is 30.5 Å². The molecule has 1 aliphatic rings. The number of nitrogen functional groups attached to an aromatic ring is 1. The molecule has 6 heteroatoms. The lowest BCUT2D eigenvalue weighted by molar-refractivity contribution is 0.101. The maximum atomic E-state index is 12.3. The monoisotopic (exact) mass is 309 g/mol. The van der Waals surface area contributed by atoms with Crippen molar-refractivity contribution in [3.05, 3.63) is 46.2 Å². The number of aromatic nitrogens is 1. The van der Waals surface area contributed by atoms with Crippen LogP contribution in [0.4, 0.5) is 11.4 Å². The summed E-state index contributed by atoms with van der Waals surface area (Å²) in [5.41, 5.74) is 7.45. The topological polar surface area (TPSA) is 60.1 Å². The number of benzene rings is 1. The molecule has 0 unspecified atom stereocenters. The van der Waals surface area contributed by atoms with Crippen LogP contribution in [0.2, 0.25) is 10.0 Å². The fraction of sp³-hybridized carbons (Fsp3) is 0.214. The van der Waals surface area contributed by atoms with Crippen molar-refractivity contribution >= 4 is 40.5 Å². The lowest BCUT2D eigenvalue weighted by Crippen LogP contribution is -2.16. The number of halogens is 2. The molecule has 0 aliphatic heterocycles. The van der Waals surface area contributed by atoms with E-state index in [4.69, 9.17) is 28.9 Å². The second kappa shape index (κ2) is 5.04. The van der Waals surface area contributed by atoms with E-state index in [1.165, 1.54) is 0 Å². The van der Waals surface area contributed by atoms with Gasteiger partial charge in [0, 0.05) is 17.3 Å². The van der Waals surface area contributed by atoms with Crippen molar-refractivity contribution in [2.75, 3.05) is 11.1 Å². The van der Waals surface area contributed by atoms with Crippen molar-refractivity contribution in [1.29, 1.82) is 0 Å². The normalized spacial score (nSPS) is 14.3. The zero-order chi connectivity index (χ0) is 14.3. The smallest absolute Gasteiger partial charge is 0.272 e. The van der Waals surface area contributed by atoms with Gasteiger partial charge in [-0.3, -0.25) is 4.79 Å². The minimum absolute atomic E-state index is 0.224. The number of nitrogens with zero attached hydrogens (tertiary/aromatic N) is 1. The number of rotatable bonds is 3. The zero-order valence-corrected chi connectivity index (χ0v) is 12.1. The van der Waals surface area contributed by atoms with Gasteiger partial charge in [0.15, 0.2) is 0 Å². The van der Waals surface area contributed by atoms with E-state index in [1.54, 1.807) is 30.5 Å². The highest BCUT2D eigenvalue weighted by atomic mass is 35.5. The summed E-state index contributed by atoms with van der Waals surface area (Å²) >= 11 is 11.9. The fourth-order valence-electron chi connectivity index (χ4n) is 2.11.